The van der Waals surface area contributed by atoms with Crippen LogP contribution in [0.2, 0.25) is 0 Å². The second-order valence-corrected chi connectivity index (χ2v) is 7.28. The first kappa shape index (κ1) is 18.6. The summed E-state index contributed by atoms with van der Waals surface area (Å²) in [6, 6.07) is 9.79. The molecule has 1 aromatic heterocycles. The number of amides is 1. The van der Waals surface area contributed by atoms with Crippen LogP contribution in [0.1, 0.15) is 20.4 Å². The molecular weight excluding hydrogens is 448 g/mol. The lowest BCUT2D eigenvalue weighted by Gasteiger charge is -2.01. The fourth-order valence-electron chi connectivity index (χ4n) is 1.94. The standard InChI is InChI=1S/C17H9BrClF2N3OS/c18-12-7-9(1-6-14(12)21)8-13(19)16-23-24-17(26-16)15(25)22-11-4-2-10(20)3-5-11/h1-8H,(H,22,25)/b13-8-. The van der Waals surface area contributed by atoms with Gasteiger partial charge in [0.2, 0.25) is 5.01 Å². The first-order valence-corrected chi connectivity index (χ1v) is 9.14. The molecule has 3 aromatic rings. The highest BCUT2D eigenvalue weighted by Gasteiger charge is 2.15. The molecule has 0 unspecified atom stereocenters. The summed E-state index contributed by atoms with van der Waals surface area (Å²) in [5, 5.41) is 11.0. The number of benzene rings is 2. The summed E-state index contributed by atoms with van der Waals surface area (Å²) < 4.78 is 26.5. The second kappa shape index (κ2) is 8.03. The van der Waals surface area contributed by atoms with Gasteiger partial charge in [0.25, 0.3) is 5.91 Å². The summed E-state index contributed by atoms with van der Waals surface area (Å²) in [5.74, 6) is -1.26. The minimum atomic E-state index is -0.477. The highest BCUT2D eigenvalue weighted by atomic mass is 79.9. The molecule has 0 fully saturated rings. The third kappa shape index (κ3) is 4.51. The van der Waals surface area contributed by atoms with Crippen molar-refractivity contribution in [3.8, 4) is 0 Å². The normalized spacial score (nSPS) is 11.5. The molecular formula is C17H9BrClF2N3OS. The second-order valence-electron chi connectivity index (χ2n) is 5.04. The Hall–Kier alpha value is -2.16. The highest BCUT2D eigenvalue weighted by Crippen LogP contribution is 2.27. The fourth-order valence-corrected chi connectivity index (χ4v) is 3.26. The number of anilines is 1. The molecule has 0 bridgehead atoms. The quantitative estimate of drug-likeness (QED) is 0.558. The van der Waals surface area contributed by atoms with Crippen molar-refractivity contribution in [3.05, 3.63) is 74.2 Å². The Kier molecular flexibility index (Phi) is 5.75. The van der Waals surface area contributed by atoms with E-state index in [9.17, 15) is 13.6 Å². The van der Waals surface area contributed by atoms with E-state index in [-0.39, 0.29) is 15.9 Å². The lowest BCUT2D eigenvalue weighted by Crippen LogP contribution is -2.11. The van der Waals surface area contributed by atoms with Gasteiger partial charge in [0.1, 0.15) is 11.6 Å². The van der Waals surface area contributed by atoms with E-state index in [1.54, 1.807) is 18.2 Å². The van der Waals surface area contributed by atoms with Crippen LogP contribution in [0.4, 0.5) is 14.5 Å². The van der Waals surface area contributed by atoms with Gasteiger partial charge in [0, 0.05) is 5.69 Å². The Balaban J connectivity index is 1.75. The largest absolute Gasteiger partial charge is 0.320 e. The molecule has 0 radical (unpaired) electrons. The number of nitrogens with zero attached hydrogens (tertiary/aromatic N) is 2. The van der Waals surface area contributed by atoms with Gasteiger partial charge < -0.3 is 5.32 Å². The predicted octanol–water partition coefficient (Wildman–Crippen LogP) is 5.57. The third-order valence-corrected chi connectivity index (χ3v) is 5.13. The molecule has 1 N–H and O–H groups in total. The van der Waals surface area contributed by atoms with Gasteiger partial charge in [-0.3, -0.25) is 4.79 Å². The Bertz CT molecular complexity index is 992. The summed E-state index contributed by atoms with van der Waals surface area (Å²) in [5.41, 5.74) is 1.10. The Morgan fingerprint density at radius 2 is 1.81 bits per heavy atom. The topological polar surface area (TPSA) is 54.9 Å². The van der Waals surface area contributed by atoms with Crippen LogP contribution < -0.4 is 5.32 Å². The smallest absolute Gasteiger partial charge is 0.286 e. The molecule has 9 heteroatoms. The SMILES string of the molecule is O=C(Nc1ccc(F)cc1)c1nnc(/C(Cl)=C/c2ccc(F)c(Br)c2)s1. The van der Waals surface area contributed by atoms with Crippen LogP contribution in [-0.4, -0.2) is 16.1 Å². The van der Waals surface area contributed by atoms with Crippen molar-refractivity contribution >= 4 is 61.6 Å². The van der Waals surface area contributed by atoms with Crippen molar-refractivity contribution in [1.29, 1.82) is 0 Å². The van der Waals surface area contributed by atoms with Crippen molar-refractivity contribution < 1.29 is 13.6 Å². The van der Waals surface area contributed by atoms with E-state index in [1.165, 1.54) is 30.3 Å². The summed E-state index contributed by atoms with van der Waals surface area (Å²) in [7, 11) is 0. The molecule has 1 amide bonds. The van der Waals surface area contributed by atoms with Crippen molar-refractivity contribution in [1.82, 2.24) is 10.2 Å². The lowest BCUT2D eigenvalue weighted by molar-refractivity contribution is 0.102. The lowest BCUT2D eigenvalue weighted by atomic mass is 10.2. The van der Waals surface area contributed by atoms with E-state index in [0.717, 1.165) is 11.3 Å². The Labute approximate surface area is 164 Å². The van der Waals surface area contributed by atoms with Gasteiger partial charge in [-0.15, -0.1) is 10.2 Å². The maximum atomic E-state index is 13.3. The average molecular weight is 457 g/mol. The van der Waals surface area contributed by atoms with E-state index in [2.05, 4.69) is 31.4 Å². The third-order valence-electron chi connectivity index (χ3n) is 3.16. The number of rotatable bonds is 4. The highest BCUT2D eigenvalue weighted by molar-refractivity contribution is 9.10. The number of hydrogen-bond acceptors (Lipinski definition) is 4. The van der Waals surface area contributed by atoms with E-state index >= 15 is 0 Å². The van der Waals surface area contributed by atoms with Crippen LogP contribution in [0.15, 0.2) is 46.9 Å². The van der Waals surface area contributed by atoms with E-state index in [0.29, 0.717) is 20.7 Å². The summed E-state index contributed by atoms with van der Waals surface area (Å²) >= 11 is 10.3. The minimum Gasteiger partial charge on any atom is -0.320 e. The number of hydrogen-bond donors (Lipinski definition) is 1. The molecule has 3 rings (SSSR count). The van der Waals surface area contributed by atoms with Gasteiger partial charge in [-0.05, 0) is 64.0 Å². The summed E-state index contributed by atoms with van der Waals surface area (Å²) in [4.78, 5) is 12.2. The van der Waals surface area contributed by atoms with Crippen molar-refractivity contribution in [3.63, 3.8) is 0 Å². The number of carbonyl (C=O) groups excluding carboxylic acids is 1. The molecule has 1 heterocycles. The zero-order valence-corrected chi connectivity index (χ0v) is 16.0. The van der Waals surface area contributed by atoms with Gasteiger partial charge in [0.05, 0.1) is 9.51 Å². The van der Waals surface area contributed by atoms with Crippen molar-refractivity contribution in [2.24, 2.45) is 0 Å². The van der Waals surface area contributed by atoms with Crippen LogP contribution in [0.25, 0.3) is 11.1 Å². The first-order chi connectivity index (χ1) is 12.4. The van der Waals surface area contributed by atoms with Gasteiger partial charge in [-0.2, -0.15) is 0 Å². The van der Waals surface area contributed by atoms with E-state index < -0.39 is 11.7 Å². The van der Waals surface area contributed by atoms with E-state index in [1.807, 2.05) is 0 Å². The van der Waals surface area contributed by atoms with Crippen LogP contribution in [-0.2, 0) is 0 Å². The van der Waals surface area contributed by atoms with Crippen molar-refractivity contribution in [2.45, 2.75) is 0 Å². The van der Waals surface area contributed by atoms with Gasteiger partial charge in [-0.1, -0.05) is 29.0 Å². The monoisotopic (exact) mass is 455 g/mol. The molecule has 0 atom stereocenters. The molecule has 132 valence electrons. The predicted molar refractivity (Wildman–Crippen MR) is 102 cm³/mol. The summed E-state index contributed by atoms with van der Waals surface area (Å²) in [6.07, 6.45) is 1.59. The van der Waals surface area contributed by atoms with Crippen molar-refractivity contribution in [2.75, 3.05) is 5.32 Å². The number of carbonyl (C=O) groups is 1. The fraction of sp³-hybridized carbons (Fsp3) is 0. The maximum Gasteiger partial charge on any atom is 0.286 e. The number of nitrogens with one attached hydrogen (secondary N) is 1. The number of aromatic nitrogens is 2. The van der Waals surface area contributed by atoms with Crippen LogP contribution in [0, 0.1) is 11.6 Å². The van der Waals surface area contributed by atoms with Gasteiger partial charge >= 0.3 is 0 Å². The molecule has 2 aromatic carbocycles. The molecule has 0 aliphatic carbocycles. The number of halogens is 4. The minimum absolute atomic E-state index is 0.108. The molecule has 0 saturated carbocycles. The molecule has 26 heavy (non-hydrogen) atoms. The van der Waals surface area contributed by atoms with Crippen LogP contribution >= 0.6 is 38.9 Å². The zero-order valence-electron chi connectivity index (χ0n) is 12.8. The Morgan fingerprint density at radius 3 is 2.50 bits per heavy atom. The van der Waals surface area contributed by atoms with Crippen LogP contribution in [0.3, 0.4) is 0 Å². The molecule has 0 saturated heterocycles. The van der Waals surface area contributed by atoms with Gasteiger partial charge in [-0.25, -0.2) is 8.78 Å². The zero-order chi connectivity index (χ0) is 18.7. The maximum absolute atomic E-state index is 13.3. The molecule has 0 aliphatic rings. The first-order valence-electron chi connectivity index (χ1n) is 7.15. The molecule has 0 aliphatic heterocycles. The van der Waals surface area contributed by atoms with Crippen LogP contribution in [0.5, 0.6) is 0 Å². The average Bonchev–Trinajstić information content (AvgIpc) is 3.10. The van der Waals surface area contributed by atoms with E-state index in [4.69, 9.17) is 11.6 Å². The van der Waals surface area contributed by atoms with Gasteiger partial charge in [0.15, 0.2) is 5.01 Å². The Morgan fingerprint density at radius 1 is 1.12 bits per heavy atom. The summed E-state index contributed by atoms with van der Waals surface area (Å²) in [6.45, 7) is 0. The molecule has 4 nitrogen and oxygen atoms in total. The molecule has 0 spiro atoms.